The van der Waals surface area contributed by atoms with E-state index in [-0.39, 0.29) is 36.4 Å². The Morgan fingerprint density at radius 3 is 2.40 bits per heavy atom. The second kappa shape index (κ2) is 23.7. The molecule has 0 aliphatic carbocycles. The number of rotatable bonds is 22. The number of halogens is 3. The van der Waals surface area contributed by atoms with Gasteiger partial charge in [0.05, 0.1) is 48.7 Å². The van der Waals surface area contributed by atoms with E-state index in [0.29, 0.717) is 81.6 Å². The minimum Gasteiger partial charge on any atom is -0.376 e. The van der Waals surface area contributed by atoms with Gasteiger partial charge < -0.3 is 34.3 Å². The molecular weight excluding hydrogens is 928 g/mol. The van der Waals surface area contributed by atoms with Crippen LogP contribution in [0, 0.1) is 5.92 Å². The summed E-state index contributed by atoms with van der Waals surface area (Å²) in [4.78, 5) is 58.3. The molecule has 72 heavy (non-hydrogen) atoms. The van der Waals surface area contributed by atoms with Crippen LogP contribution in [0.4, 0.5) is 18.9 Å². The first-order valence-electron chi connectivity index (χ1n) is 24.8. The first kappa shape index (κ1) is 51.7. The molecule has 2 saturated heterocycles. The number of hydrogen-bond acceptors (Lipinski definition) is 10. The smallest absolute Gasteiger partial charge is 0.376 e. The Morgan fingerprint density at radius 2 is 1.68 bits per heavy atom. The molecule has 2 aromatic heterocycles. The van der Waals surface area contributed by atoms with Crippen LogP contribution in [-0.4, -0.2) is 127 Å². The number of alkyl halides is 3. The van der Waals surface area contributed by atoms with E-state index in [0.717, 1.165) is 84.3 Å². The fourth-order valence-corrected chi connectivity index (χ4v) is 10.0. The quantitative estimate of drug-likeness (QED) is 0.0257. The largest absolute Gasteiger partial charge is 0.418 e. The molecular formula is C54H64F3N9O6. The van der Waals surface area contributed by atoms with Gasteiger partial charge in [-0.3, -0.25) is 23.5 Å². The molecule has 0 spiro atoms. The van der Waals surface area contributed by atoms with Crippen LogP contribution in [0.15, 0.2) is 100 Å². The van der Waals surface area contributed by atoms with Crippen LogP contribution in [0.2, 0.25) is 0 Å². The number of hydrogen-bond donors (Lipinski definition) is 1. The highest BCUT2D eigenvalue weighted by Gasteiger charge is 2.36. The molecule has 2 amide bonds. The first-order chi connectivity index (χ1) is 34.8. The lowest BCUT2D eigenvalue weighted by molar-refractivity contribution is -0.136. The second-order valence-corrected chi connectivity index (χ2v) is 19.1. The molecule has 1 unspecified atom stereocenters. The number of piperidine rings is 2. The standard InChI is InChI=1S/C54H64F3N9O6/c1-58-51(68)14-12-46(35-67)64-33-43-30-44(11-13-48(43)52(64)69)63-23-16-40(17-24-63)27-39-7-9-41(10-8-39)36-71-25-26-72-47-18-21-62(22-19-47)31-42-29-49(54(55,56)57)50-34-65(53(70)66(50)32-42)45-6-4-5-38(28-45)15-20-61(3)37-60-59-2/h4-11,13,28-30,32,34-35,37,40,46-47H,2,12,14-27,31,33,36H2,1,3H3,(H,58,68)/b60-37-. The summed E-state index contributed by atoms with van der Waals surface area (Å²) < 4.78 is 58.0. The highest BCUT2D eigenvalue weighted by atomic mass is 19.4. The first-order valence-corrected chi connectivity index (χ1v) is 24.8. The van der Waals surface area contributed by atoms with Crippen LogP contribution in [0.3, 0.4) is 0 Å². The topological polar surface area (TPSA) is 146 Å². The second-order valence-electron chi connectivity index (χ2n) is 19.1. The summed E-state index contributed by atoms with van der Waals surface area (Å²) in [7, 11) is 3.40. The van der Waals surface area contributed by atoms with Gasteiger partial charge in [-0.15, -0.1) is 5.10 Å². The lowest BCUT2D eigenvalue weighted by Crippen LogP contribution is -2.37. The van der Waals surface area contributed by atoms with Crippen molar-refractivity contribution >= 4 is 42.4 Å². The van der Waals surface area contributed by atoms with Gasteiger partial charge in [0.2, 0.25) is 5.91 Å². The third-order valence-corrected chi connectivity index (χ3v) is 14.1. The van der Waals surface area contributed by atoms with Gasteiger partial charge in [0.1, 0.15) is 12.6 Å². The predicted octanol–water partition coefficient (Wildman–Crippen LogP) is 6.93. The van der Waals surface area contributed by atoms with Crippen molar-refractivity contribution in [2.45, 2.75) is 89.4 Å². The van der Waals surface area contributed by atoms with Crippen LogP contribution < -0.4 is 15.9 Å². The van der Waals surface area contributed by atoms with Crippen molar-refractivity contribution in [2.24, 2.45) is 16.1 Å². The summed E-state index contributed by atoms with van der Waals surface area (Å²) in [5.41, 5.74) is 5.20. The molecule has 3 aliphatic rings. The number of nitrogens with one attached hydrogen (secondary N) is 1. The number of fused-ring (bicyclic) bond motifs is 2. The van der Waals surface area contributed by atoms with Crippen LogP contribution in [0.5, 0.6) is 0 Å². The zero-order valence-corrected chi connectivity index (χ0v) is 41.1. The molecule has 8 rings (SSSR count). The predicted molar refractivity (Wildman–Crippen MR) is 271 cm³/mol. The number of carbonyl (C=O) groups is 3. The summed E-state index contributed by atoms with van der Waals surface area (Å²) in [6.07, 6.45) is 6.15. The molecule has 5 aromatic rings. The molecule has 15 nitrogen and oxygen atoms in total. The number of anilines is 1. The number of likely N-dealkylation sites (tertiary alicyclic amines) is 1. The molecule has 0 saturated carbocycles. The maximum Gasteiger partial charge on any atom is 0.418 e. The average Bonchev–Trinajstić information content (AvgIpc) is 3.90. The minimum absolute atomic E-state index is 0.0229. The van der Waals surface area contributed by atoms with E-state index in [4.69, 9.17) is 9.47 Å². The number of nitrogens with zero attached hydrogens (tertiary/aromatic N) is 8. The van der Waals surface area contributed by atoms with Crippen LogP contribution in [-0.2, 0) is 57.8 Å². The monoisotopic (exact) mass is 991 g/mol. The Labute approximate surface area is 417 Å². The summed E-state index contributed by atoms with van der Waals surface area (Å²) in [5.74, 6) is 0.237. The van der Waals surface area contributed by atoms with Crippen LogP contribution in [0.25, 0.3) is 11.2 Å². The SMILES string of the molecule is C=N/N=C\N(C)CCc1cccc(-n2cc3c(C(F)(F)F)cc(CN4CCC(OCCOCc5ccc(CC6CCN(c7ccc8c(c7)CN(C(C=O)CCC(=O)NC)C8=O)CC6)cc5)CC4)cn3c2=O)c1. The third kappa shape index (κ3) is 12.9. The fraction of sp³-hybridized carbons (Fsp3) is 0.444. The molecule has 1 atom stereocenters. The molecule has 2 fully saturated rings. The van der Waals surface area contributed by atoms with Crippen LogP contribution in [0.1, 0.15) is 82.3 Å². The van der Waals surface area contributed by atoms with E-state index in [1.807, 2.05) is 36.2 Å². The number of aromatic nitrogens is 2. The fourth-order valence-electron chi connectivity index (χ4n) is 10.0. The van der Waals surface area contributed by atoms with Gasteiger partial charge in [-0.2, -0.15) is 18.3 Å². The van der Waals surface area contributed by atoms with Gasteiger partial charge in [0, 0.05) is 96.7 Å². The van der Waals surface area contributed by atoms with Gasteiger partial charge >= 0.3 is 11.9 Å². The number of imidazole rings is 1. The Bertz CT molecular complexity index is 2780. The van der Waals surface area contributed by atoms with Gasteiger partial charge in [-0.05, 0) is 115 Å². The third-order valence-electron chi connectivity index (χ3n) is 14.1. The maximum absolute atomic E-state index is 14.5. The average molecular weight is 992 g/mol. The van der Waals surface area contributed by atoms with E-state index in [1.54, 1.807) is 30.4 Å². The molecule has 3 aromatic carbocycles. The number of aldehydes is 1. The Hall–Kier alpha value is -6.63. The number of benzene rings is 3. The lowest BCUT2D eigenvalue weighted by Gasteiger charge is -2.34. The highest BCUT2D eigenvalue weighted by molar-refractivity contribution is 6.00. The molecule has 18 heteroatoms. The Balaban J connectivity index is 0.742. The van der Waals surface area contributed by atoms with Gasteiger partial charge in [-0.1, -0.05) is 36.4 Å². The minimum atomic E-state index is -4.66. The van der Waals surface area contributed by atoms with Crippen molar-refractivity contribution in [1.29, 1.82) is 0 Å². The summed E-state index contributed by atoms with van der Waals surface area (Å²) in [6, 6.07) is 22.3. The van der Waals surface area contributed by atoms with E-state index in [1.165, 1.54) is 22.5 Å². The summed E-state index contributed by atoms with van der Waals surface area (Å²) in [6.45, 7) is 9.07. The van der Waals surface area contributed by atoms with E-state index < -0.39 is 23.5 Å². The van der Waals surface area contributed by atoms with E-state index in [9.17, 15) is 32.3 Å². The number of likely N-dealkylation sites (N-methyl/N-ethyl adjacent to an activating group) is 1. The summed E-state index contributed by atoms with van der Waals surface area (Å²) in [5, 5.41) is 9.80. The van der Waals surface area contributed by atoms with Gasteiger partial charge in [-0.25, -0.2) is 4.79 Å². The van der Waals surface area contributed by atoms with E-state index in [2.05, 4.69) is 62.4 Å². The van der Waals surface area contributed by atoms with Gasteiger partial charge in [0.15, 0.2) is 0 Å². The van der Waals surface area contributed by atoms with Crippen molar-refractivity contribution in [3.05, 3.63) is 135 Å². The van der Waals surface area contributed by atoms with Gasteiger partial charge in [0.25, 0.3) is 5.91 Å². The van der Waals surface area contributed by atoms with Crippen LogP contribution >= 0.6 is 0 Å². The molecule has 1 N–H and O–H groups in total. The number of ether oxygens (including phenoxy) is 2. The van der Waals surface area contributed by atoms with Crippen molar-refractivity contribution in [3.63, 3.8) is 0 Å². The van der Waals surface area contributed by atoms with Crippen molar-refractivity contribution in [2.75, 3.05) is 64.9 Å². The van der Waals surface area contributed by atoms with Crippen molar-refractivity contribution in [3.8, 4) is 5.69 Å². The molecule has 5 heterocycles. The lowest BCUT2D eigenvalue weighted by atomic mass is 9.89. The van der Waals surface area contributed by atoms with Crippen molar-refractivity contribution < 1.29 is 37.0 Å². The maximum atomic E-state index is 14.5. The zero-order chi connectivity index (χ0) is 50.8. The Morgan fingerprint density at radius 1 is 0.917 bits per heavy atom. The number of pyridine rings is 1. The number of carbonyl (C=O) groups excluding carboxylic acids is 3. The summed E-state index contributed by atoms with van der Waals surface area (Å²) >= 11 is 0. The molecule has 3 aliphatic heterocycles. The van der Waals surface area contributed by atoms with Crippen molar-refractivity contribution in [1.82, 2.24) is 29.0 Å². The zero-order valence-electron chi connectivity index (χ0n) is 41.1. The van der Waals surface area contributed by atoms with E-state index >= 15 is 0 Å². The highest BCUT2D eigenvalue weighted by Crippen LogP contribution is 2.35. The molecule has 0 radical (unpaired) electrons. The Kier molecular flexibility index (Phi) is 17.0. The number of amides is 2. The molecule has 382 valence electrons. The molecule has 0 bridgehead atoms. The normalized spacial score (nSPS) is 16.4.